The number of benzene rings is 1. The van der Waals surface area contributed by atoms with E-state index in [0.29, 0.717) is 5.56 Å². The third-order valence-corrected chi connectivity index (χ3v) is 2.57. The van der Waals surface area contributed by atoms with Crippen molar-refractivity contribution >= 4 is 5.69 Å². The summed E-state index contributed by atoms with van der Waals surface area (Å²) in [6.07, 6.45) is 1.54. The van der Waals surface area contributed by atoms with Crippen LogP contribution in [0.3, 0.4) is 0 Å². The molecule has 18 heavy (non-hydrogen) atoms. The Balaban J connectivity index is 2.38. The van der Waals surface area contributed by atoms with Crippen molar-refractivity contribution in [2.24, 2.45) is 0 Å². The zero-order valence-corrected chi connectivity index (χ0v) is 9.43. The van der Waals surface area contributed by atoms with E-state index < -0.39 is 5.82 Å². The zero-order valence-electron chi connectivity index (χ0n) is 9.43. The van der Waals surface area contributed by atoms with Gasteiger partial charge in [0.2, 0.25) is 0 Å². The SMILES string of the molecule is N#Cc1ccc(Cn2cccc(N)c2=O)c(F)c1. The normalized spacial score (nSPS) is 10.0. The molecule has 0 saturated carbocycles. The molecule has 0 aliphatic carbocycles. The lowest BCUT2D eigenvalue weighted by molar-refractivity contribution is 0.596. The van der Waals surface area contributed by atoms with Gasteiger partial charge in [-0.05, 0) is 24.3 Å². The summed E-state index contributed by atoms with van der Waals surface area (Å²) >= 11 is 0. The van der Waals surface area contributed by atoms with Crippen molar-refractivity contribution in [2.45, 2.75) is 6.54 Å². The first kappa shape index (κ1) is 11.9. The number of anilines is 1. The van der Waals surface area contributed by atoms with Crippen molar-refractivity contribution < 1.29 is 4.39 Å². The Morgan fingerprint density at radius 2 is 2.17 bits per heavy atom. The molecule has 1 aromatic carbocycles. The van der Waals surface area contributed by atoms with Gasteiger partial charge >= 0.3 is 0 Å². The Labute approximate surface area is 103 Å². The number of rotatable bonds is 2. The quantitative estimate of drug-likeness (QED) is 0.868. The Kier molecular flexibility index (Phi) is 3.11. The number of nitrogens with two attached hydrogens (primary N) is 1. The van der Waals surface area contributed by atoms with Gasteiger partial charge in [-0.15, -0.1) is 0 Å². The monoisotopic (exact) mass is 243 g/mol. The molecular weight excluding hydrogens is 233 g/mol. The van der Waals surface area contributed by atoms with Crippen LogP contribution in [0.2, 0.25) is 0 Å². The third-order valence-electron chi connectivity index (χ3n) is 2.57. The molecule has 0 amide bonds. The van der Waals surface area contributed by atoms with Crippen LogP contribution in [0.4, 0.5) is 10.1 Å². The van der Waals surface area contributed by atoms with E-state index in [2.05, 4.69) is 0 Å². The lowest BCUT2D eigenvalue weighted by atomic mass is 10.1. The summed E-state index contributed by atoms with van der Waals surface area (Å²) in [5.74, 6) is -0.511. The molecule has 0 bridgehead atoms. The molecule has 0 atom stereocenters. The predicted octanol–water partition coefficient (Wildman–Crippen LogP) is 1.49. The fraction of sp³-hybridized carbons (Fsp3) is 0.0769. The van der Waals surface area contributed by atoms with Crippen LogP contribution in [-0.2, 0) is 6.54 Å². The van der Waals surface area contributed by atoms with E-state index in [-0.39, 0.29) is 23.4 Å². The van der Waals surface area contributed by atoms with Gasteiger partial charge in [0.15, 0.2) is 0 Å². The molecule has 0 aliphatic rings. The molecule has 0 spiro atoms. The van der Waals surface area contributed by atoms with E-state index in [4.69, 9.17) is 11.0 Å². The fourth-order valence-electron chi connectivity index (χ4n) is 1.61. The summed E-state index contributed by atoms with van der Waals surface area (Å²) in [5, 5.41) is 8.63. The van der Waals surface area contributed by atoms with Crippen molar-refractivity contribution in [3.8, 4) is 6.07 Å². The topological polar surface area (TPSA) is 71.8 Å². The van der Waals surface area contributed by atoms with E-state index in [0.717, 1.165) is 6.07 Å². The van der Waals surface area contributed by atoms with Gasteiger partial charge in [-0.2, -0.15) is 5.26 Å². The molecule has 0 saturated heterocycles. The average molecular weight is 243 g/mol. The Morgan fingerprint density at radius 3 is 2.83 bits per heavy atom. The maximum absolute atomic E-state index is 13.7. The molecule has 0 radical (unpaired) electrons. The molecule has 0 unspecified atom stereocenters. The summed E-state index contributed by atoms with van der Waals surface area (Å²) in [6, 6.07) is 9.11. The minimum Gasteiger partial charge on any atom is -0.394 e. The molecule has 0 aliphatic heterocycles. The highest BCUT2D eigenvalue weighted by Gasteiger charge is 2.06. The minimum atomic E-state index is -0.511. The number of nitrogens with zero attached hydrogens (tertiary/aromatic N) is 2. The molecule has 2 N–H and O–H groups in total. The highest BCUT2D eigenvalue weighted by molar-refractivity contribution is 5.35. The summed E-state index contributed by atoms with van der Waals surface area (Å²) in [4.78, 5) is 11.7. The number of hydrogen-bond donors (Lipinski definition) is 1. The number of nitrogen functional groups attached to an aromatic ring is 1. The third kappa shape index (κ3) is 2.23. The van der Waals surface area contributed by atoms with Crippen LogP contribution in [-0.4, -0.2) is 4.57 Å². The molecule has 0 fully saturated rings. The van der Waals surface area contributed by atoms with Gasteiger partial charge in [-0.25, -0.2) is 4.39 Å². The fourth-order valence-corrected chi connectivity index (χ4v) is 1.61. The Morgan fingerprint density at radius 1 is 1.39 bits per heavy atom. The van der Waals surface area contributed by atoms with Gasteiger partial charge < -0.3 is 10.3 Å². The van der Waals surface area contributed by atoms with Crippen LogP contribution in [0.15, 0.2) is 41.3 Å². The number of nitriles is 1. The first-order valence-corrected chi connectivity index (χ1v) is 5.25. The predicted molar refractivity (Wildman–Crippen MR) is 65.3 cm³/mol. The van der Waals surface area contributed by atoms with Crippen LogP contribution < -0.4 is 11.3 Å². The van der Waals surface area contributed by atoms with Crippen LogP contribution >= 0.6 is 0 Å². The zero-order chi connectivity index (χ0) is 13.1. The van der Waals surface area contributed by atoms with E-state index >= 15 is 0 Å². The molecular formula is C13H10FN3O. The second kappa shape index (κ2) is 4.72. The summed E-state index contributed by atoms with van der Waals surface area (Å²) in [5.41, 5.74) is 5.83. The molecule has 1 aromatic heterocycles. The lowest BCUT2D eigenvalue weighted by Gasteiger charge is -2.07. The van der Waals surface area contributed by atoms with E-state index in [1.165, 1.54) is 29.0 Å². The van der Waals surface area contributed by atoms with Crippen LogP contribution in [0.1, 0.15) is 11.1 Å². The highest BCUT2D eigenvalue weighted by Crippen LogP contribution is 2.11. The van der Waals surface area contributed by atoms with Crippen molar-refractivity contribution in [1.82, 2.24) is 4.57 Å². The minimum absolute atomic E-state index is 0.0847. The number of hydrogen-bond acceptors (Lipinski definition) is 3. The van der Waals surface area contributed by atoms with Gasteiger partial charge in [0.1, 0.15) is 5.82 Å². The van der Waals surface area contributed by atoms with Crippen molar-refractivity contribution in [3.05, 3.63) is 63.8 Å². The number of halogens is 1. The van der Waals surface area contributed by atoms with Crippen molar-refractivity contribution in [2.75, 3.05) is 5.73 Å². The largest absolute Gasteiger partial charge is 0.394 e. The molecule has 2 rings (SSSR count). The van der Waals surface area contributed by atoms with Gasteiger partial charge in [-0.3, -0.25) is 4.79 Å². The van der Waals surface area contributed by atoms with Crippen LogP contribution in [0.25, 0.3) is 0 Å². The maximum Gasteiger partial charge on any atom is 0.273 e. The molecule has 4 nitrogen and oxygen atoms in total. The smallest absolute Gasteiger partial charge is 0.273 e. The Hall–Kier alpha value is -2.61. The Bertz CT molecular complexity index is 685. The first-order chi connectivity index (χ1) is 8.61. The number of aromatic nitrogens is 1. The second-order valence-corrected chi connectivity index (χ2v) is 3.81. The molecule has 1 heterocycles. The molecule has 90 valence electrons. The molecule has 2 aromatic rings. The maximum atomic E-state index is 13.7. The average Bonchev–Trinajstić information content (AvgIpc) is 2.37. The molecule has 5 heteroatoms. The van der Waals surface area contributed by atoms with Crippen LogP contribution in [0.5, 0.6) is 0 Å². The summed E-state index contributed by atoms with van der Waals surface area (Å²) in [6.45, 7) is 0.0847. The van der Waals surface area contributed by atoms with E-state index in [9.17, 15) is 9.18 Å². The summed E-state index contributed by atoms with van der Waals surface area (Å²) in [7, 11) is 0. The van der Waals surface area contributed by atoms with Crippen molar-refractivity contribution in [1.29, 1.82) is 5.26 Å². The van der Waals surface area contributed by atoms with Gasteiger partial charge in [-0.1, -0.05) is 6.07 Å². The highest BCUT2D eigenvalue weighted by atomic mass is 19.1. The second-order valence-electron chi connectivity index (χ2n) is 3.81. The van der Waals surface area contributed by atoms with Gasteiger partial charge in [0, 0.05) is 11.8 Å². The number of pyridine rings is 1. The van der Waals surface area contributed by atoms with Gasteiger partial charge in [0.05, 0.1) is 23.9 Å². The first-order valence-electron chi connectivity index (χ1n) is 5.25. The van der Waals surface area contributed by atoms with Crippen LogP contribution in [0, 0.1) is 17.1 Å². The lowest BCUT2D eigenvalue weighted by Crippen LogP contribution is -2.22. The van der Waals surface area contributed by atoms with E-state index in [1.807, 2.05) is 6.07 Å². The van der Waals surface area contributed by atoms with E-state index in [1.54, 1.807) is 6.07 Å². The standard InChI is InChI=1S/C13H10FN3O/c14-11-6-9(7-15)3-4-10(11)8-17-5-1-2-12(16)13(17)18/h1-6H,8,16H2. The van der Waals surface area contributed by atoms with Gasteiger partial charge in [0.25, 0.3) is 5.56 Å². The summed E-state index contributed by atoms with van der Waals surface area (Å²) < 4.78 is 15.0. The van der Waals surface area contributed by atoms with Crippen molar-refractivity contribution in [3.63, 3.8) is 0 Å².